The zero-order valence-corrected chi connectivity index (χ0v) is 10.9. The van der Waals surface area contributed by atoms with Gasteiger partial charge in [-0.2, -0.15) is 12.6 Å². The maximum absolute atomic E-state index is 11.8. The lowest BCUT2D eigenvalue weighted by atomic mass is 10.1. The first kappa shape index (κ1) is 12.2. The Morgan fingerprint density at radius 2 is 2.18 bits per heavy atom. The standard InChI is InChI=1S/C12H16N2O2S/c1-7-3-8(2)13-12(16)10(7)6-14-5-9(17)4-11(14)15/h3,9,17H,4-6H2,1-2H3,(H,13,16). The van der Waals surface area contributed by atoms with Gasteiger partial charge < -0.3 is 9.88 Å². The predicted molar refractivity (Wildman–Crippen MR) is 69.3 cm³/mol. The van der Waals surface area contributed by atoms with E-state index in [4.69, 9.17) is 0 Å². The summed E-state index contributed by atoms with van der Waals surface area (Å²) in [5, 5.41) is 0.0901. The number of hydrogen-bond donors (Lipinski definition) is 2. The molecule has 2 rings (SSSR count). The molecular formula is C12H16N2O2S. The number of likely N-dealkylation sites (tertiary alicyclic amines) is 1. The molecule has 0 aromatic carbocycles. The van der Waals surface area contributed by atoms with Gasteiger partial charge >= 0.3 is 0 Å². The number of nitrogens with zero attached hydrogens (tertiary/aromatic N) is 1. The molecule has 1 aliphatic heterocycles. The second-order valence-corrected chi connectivity index (χ2v) is 5.31. The first-order chi connectivity index (χ1) is 7.97. The summed E-state index contributed by atoms with van der Waals surface area (Å²) in [6.45, 7) is 4.76. The molecular weight excluding hydrogens is 236 g/mol. The van der Waals surface area contributed by atoms with Gasteiger partial charge in [0.2, 0.25) is 5.91 Å². The van der Waals surface area contributed by atoms with Crippen LogP contribution in [-0.4, -0.2) is 27.6 Å². The first-order valence-corrected chi connectivity index (χ1v) is 6.14. The number of aromatic amines is 1. The van der Waals surface area contributed by atoms with Crippen molar-refractivity contribution in [2.45, 2.75) is 32.1 Å². The summed E-state index contributed by atoms with van der Waals surface area (Å²) >= 11 is 4.30. The number of rotatable bonds is 2. The highest BCUT2D eigenvalue weighted by molar-refractivity contribution is 7.81. The second-order valence-electron chi connectivity index (χ2n) is 4.58. The van der Waals surface area contributed by atoms with Crippen LogP contribution in [0.15, 0.2) is 10.9 Å². The lowest BCUT2D eigenvalue weighted by molar-refractivity contribution is -0.128. The summed E-state index contributed by atoms with van der Waals surface area (Å²) in [5.41, 5.74) is 2.35. The van der Waals surface area contributed by atoms with Gasteiger partial charge in [0.25, 0.3) is 5.56 Å². The molecule has 1 aromatic rings. The van der Waals surface area contributed by atoms with E-state index in [1.165, 1.54) is 0 Å². The Kier molecular flexibility index (Phi) is 3.28. The van der Waals surface area contributed by atoms with Crippen LogP contribution in [0, 0.1) is 13.8 Å². The molecule has 1 aliphatic rings. The van der Waals surface area contributed by atoms with Crippen molar-refractivity contribution >= 4 is 18.5 Å². The zero-order chi connectivity index (χ0) is 12.6. The highest BCUT2D eigenvalue weighted by Crippen LogP contribution is 2.18. The minimum absolute atomic E-state index is 0.0735. The Morgan fingerprint density at radius 3 is 2.71 bits per heavy atom. The summed E-state index contributed by atoms with van der Waals surface area (Å²) in [7, 11) is 0. The van der Waals surface area contributed by atoms with Crippen LogP contribution in [0.4, 0.5) is 0 Å². The molecule has 1 N–H and O–H groups in total. The smallest absolute Gasteiger partial charge is 0.253 e. The lowest BCUT2D eigenvalue weighted by Crippen LogP contribution is -2.29. The minimum atomic E-state index is -0.0992. The van der Waals surface area contributed by atoms with Gasteiger partial charge in [-0.1, -0.05) is 0 Å². The quantitative estimate of drug-likeness (QED) is 0.772. The molecule has 1 atom stereocenters. The summed E-state index contributed by atoms with van der Waals surface area (Å²) in [6, 6.07) is 1.93. The largest absolute Gasteiger partial charge is 0.337 e. The molecule has 92 valence electrons. The van der Waals surface area contributed by atoms with Gasteiger partial charge in [-0.15, -0.1) is 0 Å². The average Bonchev–Trinajstić information content (AvgIpc) is 2.51. The van der Waals surface area contributed by atoms with Crippen LogP contribution in [0.1, 0.15) is 23.2 Å². The molecule has 0 saturated carbocycles. The number of pyridine rings is 1. The highest BCUT2D eigenvalue weighted by atomic mass is 32.1. The van der Waals surface area contributed by atoms with E-state index in [2.05, 4.69) is 17.6 Å². The molecule has 0 aliphatic carbocycles. The van der Waals surface area contributed by atoms with Gasteiger partial charge in [-0.3, -0.25) is 9.59 Å². The number of H-pyrrole nitrogens is 1. The van der Waals surface area contributed by atoms with Crippen molar-refractivity contribution in [3.8, 4) is 0 Å². The third kappa shape index (κ3) is 2.54. The molecule has 2 heterocycles. The Morgan fingerprint density at radius 1 is 1.47 bits per heavy atom. The van der Waals surface area contributed by atoms with Gasteiger partial charge in [-0.05, 0) is 25.5 Å². The summed E-state index contributed by atoms with van der Waals surface area (Å²) in [5.74, 6) is 0.0735. The van der Waals surface area contributed by atoms with E-state index in [9.17, 15) is 9.59 Å². The molecule has 1 fully saturated rings. The fraction of sp³-hybridized carbons (Fsp3) is 0.500. The number of carbonyl (C=O) groups is 1. The Bertz CT molecular complexity index is 510. The number of carbonyl (C=O) groups excluding carboxylic acids is 1. The topological polar surface area (TPSA) is 53.2 Å². The van der Waals surface area contributed by atoms with Gasteiger partial charge in [0.05, 0.1) is 6.54 Å². The monoisotopic (exact) mass is 252 g/mol. The predicted octanol–water partition coefficient (Wildman–Crippen LogP) is 1.02. The molecule has 1 unspecified atom stereocenters. The Labute approximate surface area is 105 Å². The van der Waals surface area contributed by atoms with Gasteiger partial charge in [0.1, 0.15) is 0 Å². The maximum atomic E-state index is 11.8. The number of amides is 1. The number of aryl methyl sites for hydroxylation is 2. The van der Waals surface area contributed by atoms with E-state index in [1.54, 1.807) is 4.90 Å². The number of aromatic nitrogens is 1. The summed E-state index contributed by atoms with van der Waals surface area (Å²) in [4.78, 5) is 27.9. The van der Waals surface area contributed by atoms with Crippen molar-refractivity contribution in [2.24, 2.45) is 0 Å². The van der Waals surface area contributed by atoms with Crippen LogP contribution in [0.5, 0.6) is 0 Å². The molecule has 0 bridgehead atoms. The SMILES string of the molecule is Cc1cc(C)c(CN2CC(S)CC2=O)c(=O)[nH]1. The second kappa shape index (κ2) is 4.56. The van der Waals surface area contributed by atoms with Crippen molar-refractivity contribution in [2.75, 3.05) is 6.54 Å². The van der Waals surface area contributed by atoms with Gasteiger partial charge in [0.15, 0.2) is 0 Å². The summed E-state index contributed by atoms with van der Waals surface area (Å²) < 4.78 is 0. The van der Waals surface area contributed by atoms with E-state index in [0.29, 0.717) is 25.1 Å². The Balaban J connectivity index is 2.25. The molecule has 1 aromatic heterocycles. The van der Waals surface area contributed by atoms with Crippen LogP contribution in [0.3, 0.4) is 0 Å². The van der Waals surface area contributed by atoms with Crippen molar-refractivity contribution in [3.05, 3.63) is 33.2 Å². The third-order valence-corrected chi connectivity index (χ3v) is 3.38. The zero-order valence-electron chi connectivity index (χ0n) is 9.99. The number of thiol groups is 1. The maximum Gasteiger partial charge on any atom is 0.253 e. The fourth-order valence-corrected chi connectivity index (χ4v) is 2.53. The molecule has 5 heteroatoms. The van der Waals surface area contributed by atoms with E-state index < -0.39 is 0 Å². The van der Waals surface area contributed by atoms with Crippen molar-refractivity contribution in [3.63, 3.8) is 0 Å². The van der Waals surface area contributed by atoms with Gasteiger partial charge in [0, 0.05) is 29.5 Å². The van der Waals surface area contributed by atoms with E-state index in [1.807, 2.05) is 19.9 Å². The molecule has 4 nitrogen and oxygen atoms in total. The van der Waals surface area contributed by atoms with Crippen LogP contribution < -0.4 is 5.56 Å². The van der Waals surface area contributed by atoms with E-state index in [0.717, 1.165) is 11.3 Å². The average molecular weight is 252 g/mol. The Hall–Kier alpha value is -1.23. The first-order valence-electron chi connectivity index (χ1n) is 5.62. The van der Waals surface area contributed by atoms with Crippen LogP contribution in [-0.2, 0) is 11.3 Å². The molecule has 1 amide bonds. The highest BCUT2D eigenvalue weighted by Gasteiger charge is 2.27. The van der Waals surface area contributed by atoms with Crippen molar-refractivity contribution in [1.82, 2.24) is 9.88 Å². The van der Waals surface area contributed by atoms with Crippen LogP contribution in [0.2, 0.25) is 0 Å². The number of nitrogens with one attached hydrogen (secondary N) is 1. The van der Waals surface area contributed by atoms with Crippen LogP contribution in [0.25, 0.3) is 0 Å². The van der Waals surface area contributed by atoms with Crippen molar-refractivity contribution < 1.29 is 4.79 Å². The molecule has 1 saturated heterocycles. The number of hydrogen-bond acceptors (Lipinski definition) is 3. The molecule has 17 heavy (non-hydrogen) atoms. The van der Waals surface area contributed by atoms with Gasteiger partial charge in [-0.25, -0.2) is 0 Å². The van der Waals surface area contributed by atoms with Crippen LogP contribution >= 0.6 is 12.6 Å². The molecule has 0 spiro atoms. The van der Waals surface area contributed by atoms with E-state index in [-0.39, 0.29) is 16.7 Å². The normalized spacial score (nSPS) is 20.1. The minimum Gasteiger partial charge on any atom is -0.337 e. The summed E-state index contributed by atoms with van der Waals surface area (Å²) in [6.07, 6.45) is 0.464. The molecule has 0 radical (unpaired) electrons. The van der Waals surface area contributed by atoms with E-state index >= 15 is 0 Å². The fourth-order valence-electron chi connectivity index (χ4n) is 2.17. The lowest BCUT2D eigenvalue weighted by Gasteiger charge is -2.16. The third-order valence-electron chi connectivity index (χ3n) is 3.04. The van der Waals surface area contributed by atoms with Crippen molar-refractivity contribution in [1.29, 1.82) is 0 Å².